The van der Waals surface area contributed by atoms with Gasteiger partial charge in [-0.25, -0.2) is 4.39 Å². The Kier molecular flexibility index (Phi) is 4.98. The second-order valence-corrected chi connectivity index (χ2v) is 5.65. The normalized spacial score (nSPS) is 12.6. The standard InChI is InChI=1S/C12H14BrFN4S/c1-2-9-12(19-18-17-9)10(16-15)6-7-4-3-5-8(14)11(7)13/h3-5,10,16H,2,6,15H2,1H3. The molecule has 2 aromatic rings. The van der Waals surface area contributed by atoms with E-state index < -0.39 is 0 Å². The summed E-state index contributed by atoms with van der Waals surface area (Å²) in [6.45, 7) is 2.02. The number of hydrogen-bond donors (Lipinski definition) is 2. The molecule has 0 saturated heterocycles. The number of aryl methyl sites for hydroxylation is 1. The average molecular weight is 345 g/mol. The van der Waals surface area contributed by atoms with E-state index in [2.05, 4.69) is 30.9 Å². The lowest BCUT2D eigenvalue weighted by atomic mass is 10.0. The fraction of sp³-hybridized carbons (Fsp3) is 0.333. The van der Waals surface area contributed by atoms with E-state index in [1.165, 1.54) is 17.6 Å². The van der Waals surface area contributed by atoms with E-state index in [9.17, 15) is 4.39 Å². The van der Waals surface area contributed by atoms with Gasteiger partial charge >= 0.3 is 0 Å². The molecule has 0 aliphatic heterocycles. The van der Waals surface area contributed by atoms with E-state index in [4.69, 9.17) is 5.84 Å². The Labute approximate surface area is 123 Å². The Morgan fingerprint density at radius 1 is 1.53 bits per heavy atom. The zero-order valence-corrected chi connectivity index (χ0v) is 12.8. The van der Waals surface area contributed by atoms with Gasteiger partial charge in [0.05, 0.1) is 21.1 Å². The number of benzene rings is 1. The van der Waals surface area contributed by atoms with Crippen LogP contribution < -0.4 is 11.3 Å². The summed E-state index contributed by atoms with van der Waals surface area (Å²) < 4.78 is 17.9. The molecule has 19 heavy (non-hydrogen) atoms. The molecule has 0 aliphatic carbocycles. The minimum absolute atomic E-state index is 0.118. The third-order valence-electron chi connectivity index (χ3n) is 2.89. The van der Waals surface area contributed by atoms with Crippen molar-refractivity contribution in [3.63, 3.8) is 0 Å². The molecular weight excluding hydrogens is 331 g/mol. The molecule has 7 heteroatoms. The van der Waals surface area contributed by atoms with Gasteiger partial charge in [0, 0.05) is 0 Å². The SMILES string of the molecule is CCc1nnsc1C(Cc1cccc(F)c1Br)NN. The minimum Gasteiger partial charge on any atom is -0.271 e. The predicted octanol–water partition coefficient (Wildman–Crippen LogP) is 2.75. The van der Waals surface area contributed by atoms with Crippen LogP contribution in [0.4, 0.5) is 4.39 Å². The molecule has 1 heterocycles. The van der Waals surface area contributed by atoms with Crippen molar-refractivity contribution in [3.05, 3.63) is 44.6 Å². The number of rotatable bonds is 5. The average Bonchev–Trinajstić information content (AvgIpc) is 2.88. The monoisotopic (exact) mass is 344 g/mol. The van der Waals surface area contributed by atoms with Crippen molar-refractivity contribution >= 4 is 27.5 Å². The summed E-state index contributed by atoms with van der Waals surface area (Å²) in [5, 5.41) is 4.07. The molecular formula is C12H14BrFN4S. The van der Waals surface area contributed by atoms with Gasteiger partial charge in [0.2, 0.25) is 0 Å². The van der Waals surface area contributed by atoms with Gasteiger partial charge in [-0.2, -0.15) is 0 Å². The van der Waals surface area contributed by atoms with Crippen molar-refractivity contribution in [2.75, 3.05) is 0 Å². The molecule has 0 spiro atoms. The molecule has 1 aromatic carbocycles. The summed E-state index contributed by atoms with van der Waals surface area (Å²) in [4.78, 5) is 1.00. The van der Waals surface area contributed by atoms with Gasteiger partial charge in [0.25, 0.3) is 0 Å². The van der Waals surface area contributed by atoms with Gasteiger partial charge in [-0.05, 0) is 51.9 Å². The fourth-order valence-electron chi connectivity index (χ4n) is 1.88. The highest BCUT2D eigenvalue weighted by Crippen LogP contribution is 2.28. The molecule has 0 amide bonds. The van der Waals surface area contributed by atoms with Crippen LogP contribution in [0.5, 0.6) is 0 Å². The summed E-state index contributed by atoms with van der Waals surface area (Å²) in [7, 11) is 0. The summed E-state index contributed by atoms with van der Waals surface area (Å²) in [6.07, 6.45) is 1.38. The van der Waals surface area contributed by atoms with Gasteiger partial charge in [0.1, 0.15) is 5.82 Å². The maximum atomic E-state index is 13.5. The first-order valence-electron chi connectivity index (χ1n) is 5.87. The number of hydrogen-bond acceptors (Lipinski definition) is 5. The van der Waals surface area contributed by atoms with Gasteiger partial charge in [-0.1, -0.05) is 23.5 Å². The Morgan fingerprint density at radius 3 is 3.00 bits per heavy atom. The van der Waals surface area contributed by atoms with Crippen LogP contribution in [0, 0.1) is 5.82 Å². The molecule has 0 bridgehead atoms. The molecule has 1 aromatic heterocycles. The highest BCUT2D eigenvalue weighted by molar-refractivity contribution is 9.10. The zero-order chi connectivity index (χ0) is 13.8. The van der Waals surface area contributed by atoms with Crippen molar-refractivity contribution < 1.29 is 4.39 Å². The van der Waals surface area contributed by atoms with Gasteiger partial charge in [-0.3, -0.25) is 11.3 Å². The van der Waals surface area contributed by atoms with E-state index in [0.29, 0.717) is 10.9 Å². The third-order valence-corrected chi connectivity index (χ3v) is 4.66. The summed E-state index contributed by atoms with van der Waals surface area (Å²) in [5.74, 6) is 5.34. The molecule has 2 rings (SSSR count). The van der Waals surface area contributed by atoms with Crippen LogP contribution in [0.3, 0.4) is 0 Å². The predicted molar refractivity (Wildman–Crippen MR) is 77.2 cm³/mol. The fourth-order valence-corrected chi connectivity index (χ4v) is 3.10. The first-order chi connectivity index (χ1) is 9.17. The Bertz CT molecular complexity index is 560. The van der Waals surface area contributed by atoms with Crippen LogP contribution in [0.1, 0.15) is 29.1 Å². The summed E-state index contributed by atoms with van der Waals surface area (Å²) >= 11 is 4.59. The van der Waals surface area contributed by atoms with Crippen LogP contribution in [-0.2, 0) is 12.8 Å². The van der Waals surface area contributed by atoms with Crippen LogP contribution in [-0.4, -0.2) is 9.59 Å². The lowest BCUT2D eigenvalue weighted by Gasteiger charge is -2.16. The smallest absolute Gasteiger partial charge is 0.137 e. The highest BCUT2D eigenvalue weighted by Gasteiger charge is 2.19. The molecule has 4 nitrogen and oxygen atoms in total. The van der Waals surface area contributed by atoms with Crippen molar-refractivity contribution in [1.82, 2.24) is 15.0 Å². The van der Waals surface area contributed by atoms with E-state index in [0.717, 1.165) is 22.6 Å². The molecule has 0 fully saturated rings. The van der Waals surface area contributed by atoms with E-state index in [-0.39, 0.29) is 11.9 Å². The number of nitrogens with one attached hydrogen (secondary N) is 1. The second-order valence-electron chi connectivity index (χ2n) is 4.07. The minimum atomic E-state index is -0.272. The Balaban J connectivity index is 2.27. The van der Waals surface area contributed by atoms with Crippen LogP contribution in [0.2, 0.25) is 0 Å². The second kappa shape index (κ2) is 6.51. The van der Waals surface area contributed by atoms with Crippen LogP contribution >= 0.6 is 27.5 Å². The molecule has 3 N–H and O–H groups in total. The number of nitrogens with two attached hydrogens (primary N) is 1. The lowest BCUT2D eigenvalue weighted by molar-refractivity contribution is 0.549. The van der Waals surface area contributed by atoms with Crippen LogP contribution in [0.15, 0.2) is 22.7 Å². The van der Waals surface area contributed by atoms with Gasteiger partial charge in [-0.15, -0.1) is 5.10 Å². The summed E-state index contributed by atoms with van der Waals surface area (Å²) in [6, 6.07) is 4.87. The topological polar surface area (TPSA) is 63.8 Å². The number of halogens is 2. The van der Waals surface area contributed by atoms with Crippen molar-refractivity contribution in [3.8, 4) is 0 Å². The molecule has 102 valence electrons. The third kappa shape index (κ3) is 3.17. The molecule has 0 saturated carbocycles. The maximum Gasteiger partial charge on any atom is 0.137 e. The molecule has 1 atom stereocenters. The van der Waals surface area contributed by atoms with Gasteiger partial charge < -0.3 is 0 Å². The quantitative estimate of drug-likeness (QED) is 0.646. The first kappa shape index (κ1) is 14.5. The zero-order valence-electron chi connectivity index (χ0n) is 10.4. The highest BCUT2D eigenvalue weighted by atomic mass is 79.9. The molecule has 0 aliphatic rings. The van der Waals surface area contributed by atoms with E-state index >= 15 is 0 Å². The number of nitrogens with zero attached hydrogens (tertiary/aromatic N) is 2. The number of aromatic nitrogens is 2. The van der Waals surface area contributed by atoms with Crippen molar-refractivity contribution in [2.45, 2.75) is 25.8 Å². The molecule has 1 unspecified atom stereocenters. The largest absolute Gasteiger partial charge is 0.271 e. The van der Waals surface area contributed by atoms with E-state index in [1.54, 1.807) is 6.07 Å². The van der Waals surface area contributed by atoms with Gasteiger partial charge in [0.15, 0.2) is 0 Å². The maximum absolute atomic E-state index is 13.5. The van der Waals surface area contributed by atoms with Crippen LogP contribution in [0.25, 0.3) is 0 Å². The Hall–Kier alpha value is -0.890. The lowest BCUT2D eigenvalue weighted by Crippen LogP contribution is -2.29. The van der Waals surface area contributed by atoms with Crippen molar-refractivity contribution in [2.24, 2.45) is 5.84 Å². The van der Waals surface area contributed by atoms with E-state index in [1.807, 2.05) is 13.0 Å². The summed E-state index contributed by atoms with van der Waals surface area (Å²) in [5.41, 5.74) is 4.55. The van der Waals surface area contributed by atoms with Crippen molar-refractivity contribution in [1.29, 1.82) is 0 Å². The first-order valence-corrected chi connectivity index (χ1v) is 7.44. The Morgan fingerprint density at radius 2 is 2.32 bits per heavy atom. The number of hydrazine groups is 1. The molecule has 0 radical (unpaired) electrons.